The van der Waals surface area contributed by atoms with Crippen molar-refractivity contribution in [1.29, 1.82) is 0 Å². The second kappa shape index (κ2) is 5.39. The van der Waals surface area contributed by atoms with E-state index < -0.39 is 17.7 Å². The van der Waals surface area contributed by atoms with Crippen LogP contribution in [0.15, 0.2) is 18.2 Å². The van der Waals surface area contributed by atoms with Crippen molar-refractivity contribution in [3.05, 3.63) is 35.4 Å². The van der Waals surface area contributed by atoms with Crippen LogP contribution < -0.4 is 0 Å². The van der Waals surface area contributed by atoms with Crippen molar-refractivity contribution in [2.45, 2.75) is 37.5 Å². The Labute approximate surface area is 117 Å². The Morgan fingerprint density at radius 3 is 2.80 bits per heavy atom. The van der Waals surface area contributed by atoms with E-state index in [9.17, 15) is 13.9 Å². The molecule has 20 heavy (non-hydrogen) atoms. The zero-order valence-corrected chi connectivity index (χ0v) is 11.3. The minimum Gasteiger partial charge on any atom is -0.389 e. The smallest absolute Gasteiger partial charge is 0.159 e. The number of rotatable bonds is 2. The lowest BCUT2D eigenvalue weighted by Crippen LogP contribution is -2.54. The molecule has 2 aliphatic rings. The van der Waals surface area contributed by atoms with Gasteiger partial charge in [0.1, 0.15) is 0 Å². The molecule has 110 valence electrons. The van der Waals surface area contributed by atoms with Gasteiger partial charge in [0.15, 0.2) is 11.6 Å². The fraction of sp³-hybridized carbons (Fsp3) is 0.600. The standard InChI is InChI=1S/C15H19F2NO2/c16-12-3-2-11(8-13(12)17)9-18-6-5-15(14(19)10-18)4-1-7-20-15/h2-3,8,14,19H,1,4-7,9-10H2/t14-,15-/m0/s1. The third kappa shape index (κ3) is 2.57. The average molecular weight is 283 g/mol. The molecule has 2 aliphatic heterocycles. The number of hydrogen-bond acceptors (Lipinski definition) is 3. The van der Waals surface area contributed by atoms with E-state index in [2.05, 4.69) is 4.90 Å². The van der Waals surface area contributed by atoms with Gasteiger partial charge < -0.3 is 9.84 Å². The average Bonchev–Trinajstić information content (AvgIpc) is 2.89. The zero-order valence-electron chi connectivity index (χ0n) is 11.3. The van der Waals surface area contributed by atoms with E-state index in [-0.39, 0.29) is 5.60 Å². The highest BCUT2D eigenvalue weighted by atomic mass is 19.2. The maximum absolute atomic E-state index is 13.2. The van der Waals surface area contributed by atoms with E-state index in [4.69, 9.17) is 4.74 Å². The van der Waals surface area contributed by atoms with E-state index >= 15 is 0 Å². The minimum absolute atomic E-state index is 0.370. The number of nitrogens with zero attached hydrogens (tertiary/aromatic N) is 1. The summed E-state index contributed by atoms with van der Waals surface area (Å²) in [6.45, 7) is 2.56. The normalized spacial score (nSPS) is 31.1. The van der Waals surface area contributed by atoms with Gasteiger partial charge in [-0.2, -0.15) is 0 Å². The van der Waals surface area contributed by atoms with Gasteiger partial charge in [0, 0.05) is 26.2 Å². The first-order valence-electron chi connectivity index (χ1n) is 7.07. The summed E-state index contributed by atoms with van der Waals surface area (Å²) in [5.41, 5.74) is 0.351. The molecule has 1 aromatic carbocycles. The summed E-state index contributed by atoms with van der Waals surface area (Å²) < 4.78 is 31.8. The molecule has 3 nitrogen and oxygen atoms in total. The molecule has 2 saturated heterocycles. The lowest BCUT2D eigenvalue weighted by molar-refractivity contribution is -0.130. The van der Waals surface area contributed by atoms with Gasteiger partial charge in [-0.05, 0) is 37.0 Å². The predicted molar refractivity (Wildman–Crippen MR) is 70.2 cm³/mol. The van der Waals surface area contributed by atoms with Crippen molar-refractivity contribution in [1.82, 2.24) is 4.90 Å². The zero-order chi connectivity index (χ0) is 14.2. The van der Waals surface area contributed by atoms with Gasteiger partial charge >= 0.3 is 0 Å². The lowest BCUT2D eigenvalue weighted by Gasteiger charge is -2.42. The van der Waals surface area contributed by atoms with E-state index in [0.29, 0.717) is 13.1 Å². The van der Waals surface area contributed by atoms with Gasteiger partial charge in [-0.15, -0.1) is 0 Å². The van der Waals surface area contributed by atoms with Gasteiger partial charge in [-0.25, -0.2) is 8.78 Å². The molecule has 0 amide bonds. The van der Waals surface area contributed by atoms with Crippen molar-refractivity contribution < 1.29 is 18.6 Å². The first-order chi connectivity index (χ1) is 9.59. The number of β-amino-alcohol motifs (C(OH)–C–C–N with tert-alkyl or cyclic N) is 1. The molecule has 1 N–H and O–H groups in total. The quantitative estimate of drug-likeness (QED) is 0.902. The molecular weight excluding hydrogens is 264 g/mol. The van der Waals surface area contributed by atoms with E-state index in [1.54, 1.807) is 6.07 Å². The minimum atomic E-state index is -0.828. The van der Waals surface area contributed by atoms with Crippen molar-refractivity contribution in [2.75, 3.05) is 19.7 Å². The first kappa shape index (κ1) is 13.9. The predicted octanol–water partition coefficient (Wildman–Crippen LogP) is 2.08. The Bertz CT molecular complexity index is 489. The van der Waals surface area contributed by atoms with Crippen LogP contribution in [0.4, 0.5) is 8.78 Å². The summed E-state index contributed by atoms with van der Waals surface area (Å²) in [7, 11) is 0. The number of aliphatic hydroxyl groups is 1. The highest BCUT2D eigenvalue weighted by Gasteiger charge is 2.45. The second-order valence-corrected chi connectivity index (χ2v) is 5.77. The molecule has 5 heteroatoms. The van der Waals surface area contributed by atoms with Gasteiger partial charge in [-0.1, -0.05) is 6.07 Å². The molecule has 2 fully saturated rings. The highest BCUT2D eigenvalue weighted by Crippen LogP contribution is 2.36. The van der Waals surface area contributed by atoms with Gasteiger partial charge in [0.25, 0.3) is 0 Å². The Morgan fingerprint density at radius 2 is 2.15 bits per heavy atom. The number of hydrogen-bond donors (Lipinski definition) is 1. The largest absolute Gasteiger partial charge is 0.389 e. The topological polar surface area (TPSA) is 32.7 Å². The van der Waals surface area contributed by atoms with Crippen LogP contribution in [-0.2, 0) is 11.3 Å². The summed E-state index contributed by atoms with van der Waals surface area (Å²) >= 11 is 0. The van der Waals surface area contributed by atoms with Crippen LogP contribution in [0.5, 0.6) is 0 Å². The van der Waals surface area contributed by atoms with Crippen LogP contribution in [0.1, 0.15) is 24.8 Å². The van der Waals surface area contributed by atoms with Crippen LogP contribution in [0.3, 0.4) is 0 Å². The number of piperidine rings is 1. The van der Waals surface area contributed by atoms with Gasteiger partial charge in [0.2, 0.25) is 0 Å². The molecule has 0 unspecified atom stereocenters. The SMILES string of the molecule is O[C@H]1CN(Cc2ccc(F)c(F)c2)CC[C@@]12CCCO2. The molecule has 1 spiro atoms. The second-order valence-electron chi connectivity index (χ2n) is 5.77. The fourth-order valence-corrected chi connectivity index (χ4v) is 3.23. The molecular formula is C15H19F2NO2. The maximum atomic E-state index is 13.2. The van der Waals surface area contributed by atoms with Crippen LogP contribution in [0.2, 0.25) is 0 Å². The summed E-state index contributed by atoms with van der Waals surface area (Å²) in [4.78, 5) is 2.06. The Kier molecular flexibility index (Phi) is 3.75. The van der Waals surface area contributed by atoms with E-state index in [1.165, 1.54) is 6.07 Å². The van der Waals surface area contributed by atoms with Crippen LogP contribution in [0, 0.1) is 11.6 Å². The molecule has 0 aliphatic carbocycles. The van der Waals surface area contributed by atoms with Crippen LogP contribution in [-0.4, -0.2) is 41.4 Å². The number of halogens is 2. The first-order valence-corrected chi connectivity index (χ1v) is 7.07. The monoisotopic (exact) mass is 283 g/mol. The third-order valence-corrected chi connectivity index (χ3v) is 4.41. The number of likely N-dealkylation sites (tertiary alicyclic amines) is 1. The molecule has 1 aromatic rings. The molecule has 0 radical (unpaired) electrons. The van der Waals surface area contributed by atoms with Crippen LogP contribution in [0.25, 0.3) is 0 Å². The van der Waals surface area contributed by atoms with Crippen LogP contribution >= 0.6 is 0 Å². The van der Waals surface area contributed by atoms with Crippen molar-refractivity contribution >= 4 is 0 Å². The Balaban J connectivity index is 1.64. The number of aliphatic hydroxyl groups excluding tert-OH is 1. The molecule has 0 aromatic heterocycles. The molecule has 2 heterocycles. The molecule has 0 bridgehead atoms. The third-order valence-electron chi connectivity index (χ3n) is 4.41. The number of benzene rings is 1. The highest BCUT2D eigenvalue weighted by molar-refractivity contribution is 5.18. The summed E-state index contributed by atoms with van der Waals surface area (Å²) in [5.74, 6) is -1.65. The maximum Gasteiger partial charge on any atom is 0.159 e. The van der Waals surface area contributed by atoms with Crippen molar-refractivity contribution in [3.63, 3.8) is 0 Å². The lowest BCUT2D eigenvalue weighted by atomic mass is 9.86. The Morgan fingerprint density at radius 1 is 1.30 bits per heavy atom. The van der Waals surface area contributed by atoms with Gasteiger partial charge in [-0.3, -0.25) is 4.90 Å². The van der Waals surface area contributed by atoms with E-state index in [1.807, 2.05) is 0 Å². The van der Waals surface area contributed by atoms with E-state index in [0.717, 1.165) is 44.0 Å². The Hall–Kier alpha value is -1.04. The summed E-state index contributed by atoms with van der Waals surface area (Å²) in [6, 6.07) is 3.95. The van der Waals surface area contributed by atoms with Crippen molar-refractivity contribution in [2.24, 2.45) is 0 Å². The molecule has 0 saturated carbocycles. The van der Waals surface area contributed by atoms with Gasteiger partial charge in [0.05, 0.1) is 11.7 Å². The molecule has 2 atom stereocenters. The fourth-order valence-electron chi connectivity index (χ4n) is 3.23. The number of ether oxygens (including phenoxy) is 1. The molecule has 3 rings (SSSR count). The summed E-state index contributed by atoms with van der Waals surface area (Å²) in [6.07, 6.45) is 2.19. The van der Waals surface area contributed by atoms with Crippen molar-refractivity contribution in [3.8, 4) is 0 Å². The summed E-state index contributed by atoms with van der Waals surface area (Å²) in [5, 5.41) is 10.3.